The normalized spacial score (nSPS) is 11.7. The number of benzene rings is 1. The quantitative estimate of drug-likeness (QED) is 0.544. The largest absolute Gasteiger partial charge is 0.380 e. The Bertz CT molecular complexity index is 583. The SMILES string of the molecule is CC(C)CCOCCn1c(CCCl)nc2c(F)cccc21. The number of aromatic nitrogens is 2. The first-order chi connectivity index (χ1) is 10.1. The summed E-state index contributed by atoms with van der Waals surface area (Å²) < 4.78 is 21.5. The molecule has 21 heavy (non-hydrogen) atoms. The van der Waals surface area contributed by atoms with Crippen LogP contribution in [0.2, 0.25) is 0 Å². The number of fused-ring (bicyclic) bond motifs is 1. The Hall–Kier alpha value is -1.13. The van der Waals surface area contributed by atoms with E-state index in [-0.39, 0.29) is 5.82 Å². The Balaban J connectivity index is 2.09. The third-order valence-electron chi connectivity index (χ3n) is 3.43. The van der Waals surface area contributed by atoms with Crippen molar-refractivity contribution in [2.75, 3.05) is 19.1 Å². The molecule has 1 aromatic carbocycles. The molecule has 0 saturated heterocycles. The lowest BCUT2D eigenvalue weighted by Crippen LogP contribution is -2.11. The van der Waals surface area contributed by atoms with Gasteiger partial charge in [-0.15, -0.1) is 11.6 Å². The van der Waals surface area contributed by atoms with Crippen LogP contribution in [0.1, 0.15) is 26.1 Å². The van der Waals surface area contributed by atoms with Gasteiger partial charge in [0.25, 0.3) is 0 Å². The van der Waals surface area contributed by atoms with Crippen molar-refractivity contribution in [3.63, 3.8) is 0 Å². The Morgan fingerprint density at radius 3 is 2.86 bits per heavy atom. The van der Waals surface area contributed by atoms with Crippen molar-refractivity contribution in [2.24, 2.45) is 5.92 Å². The van der Waals surface area contributed by atoms with Crippen molar-refractivity contribution >= 4 is 22.6 Å². The second-order valence-electron chi connectivity index (χ2n) is 5.52. The standard InChI is InChI=1S/C16H22ClFN2O/c1-12(2)7-10-21-11-9-20-14-5-3-4-13(18)16(14)19-15(20)6-8-17/h3-5,12H,6-11H2,1-2H3. The van der Waals surface area contributed by atoms with Crippen LogP contribution in [0.25, 0.3) is 11.0 Å². The number of aryl methyl sites for hydroxylation is 1. The molecule has 2 rings (SSSR count). The minimum absolute atomic E-state index is 0.289. The third kappa shape index (κ3) is 4.17. The van der Waals surface area contributed by atoms with E-state index in [4.69, 9.17) is 16.3 Å². The molecule has 0 aliphatic heterocycles. The summed E-state index contributed by atoms with van der Waals surface area (Å²) in [7, 11) is 0. The van der Waals surface area contributed by atoms with Crippen molar-refractivity contribution < 1.29 is 9.13 Å². The van der Waals surface area contributed by atoms with Gasteiger partial charge >= 0.3 is 0 Å². The minimum atomic E-state index is -0.289. The van der Waals surface area contributed by atoms with Gasteiger partial charge in [0.2, 0.25) is 0 Å². The smallest absolute Gasteiger partial charge is 0.151 e. The predicted octanol–water partition coefficient (Wildman–Crippen LogP) is 4.02. The van der Waals surface area contributed by atoms with Crippen LogP contribution in [0, 0.1) is 11.7 Å². The van der Waals surface area contributed by atoms with Gasteiger partial charge in [0.05, 0.1) is 12.1 Å². The highest BCUT2D eigenvalue weighted by Gasteiger charge is 2.13. The van der Waals surface area contributed by atoms with E-state index in [1.165, 1.54) is 6.07 Å². The molecule has 1 heterocycles. The highest BCUT2D eigenvalue weighted by Crippen LogP contribution is 2.19. The number of imidazole rings is 1. The summed E-state index contributed by atoms with van der Waals surface area (Å²) in [5, 5.41) is 0. The molecule has 2 aromatic rings. The lowest BCUT2D eigenvalue weighted by molar-refractivity contribution is 0.116. The number of alkyl halides is 1. The molecule has 0 N–H and O–H groups in total. The summed E-state index contributed by atoms with van der Waals surface area (Å²) in [6, 6.07) is 5.03. The fourth-order valence-electron chi connectivity index (χ4n) is 2.26. The summed E-state index contributed by atoms with van der Waals surface area (Å²) in [6.07, 6.45) is 1.68. The van der Waals surface area contributed by atoms with Gasteiger partial charge in [-0.25, -0.2) is 9.37 Å². The number of rotatable bonds is 8. The van der Waals surface area contributed by atoms with Crippen molar-refractivity contribution in [2.45, 2.75) is 33.2 Å². The maximum absolute atomic E-state index is 13.8. The van der Waals surface area contributed by atoms with Crippen LogP contribution in [0.3, 0.4) is 0 Å². The van der Waals surface area contributed by atoms with Crippen molar-refractivity contribution in [3.05, 3.63) is 29.8 Å². The van der Waals surface area contributed by atoms with E-state index in [0.717, 1.165) is 24.4 Å². The average Bonchev–Trinajstić information content (AvgIpc) is 2.78. The predicted molar refractivity (Wildman–Crippen MR) is 84.4 cm³/mol. The molecule has 0 fully saturated rings. The summed E-state index contributed by atoms with van der Waals surface area (Å²) in [5.74, 6) is 1.64. The number of hydrogen-bond acceptors (Lipinski definition) is 2. The van der Waals surface area contributed by atoms with Crippen LogP contribution in [0.4, 0.5) is 4.39 Å². The molecule has 0 aliphatic carbocycles. The van der Waals surface area contributed by atoms with E-state index in [9.17, 15) is 4.39 Å². The van der Waals surface area contributed by atoms with Crippen LogP contribution >= 0.6 is 11.6 Å². The summed E-state index contributed by atoms with van der Waals surface area (Å²) in [6.45, 7) is 6.37. The third-order valence-corrected chi connectivity index (χ3v) is 3.61. The monoisotopic (exact) mass is 312 g/mol. The molecule has 0 spiro atoms. The van der Waals surface area contributed by atoms with Crippen molar-refractivity contribution in [3.8, 4) is 0 Å². The molecule has 116 valence electrons. The van der Waals surface area contributed by atoms with Gasteiger partial charge in [0.15, 0.2) is 5.82 Å². The van der Waals surface area contributed by atoms with E-state index in [0.29, 0.717) is 36.9 Å². The van der Waals surface area contributed by atoms with Gasteiger partial charge in [-0.1, -0.05) is 19.9 Å². The van der Waals surface area contributed by atoms with Gasteiger partial charge in [-0.2, -0.15) is 0 Å². The first-order valence-electron chi connectivity index (χ1n) is 7.40. The minimum Gasteiger partial charge on any atom is -0.380 e. The number of para-hydroxylation sites is 1. The maximum Gasteiger partial charge on any atom is 0.151 e. The van der Waals surface area contributed by atoms with Crippen molar-refractivity contribution in [1.29, 1.82) is 0 Å². The summed E-state index contributed by atoms with van der Waals surface area (Å²) >= 11 is 5.82. The van der Waals surface area contributed by atoms with Gasteiger partial charge in [0.1, 0.15) is 11.3 Å². The first-order valence-corrected chi connectivity index (χ1v) is 7.94. The highest BCUT2D eigenvalue weighted by atomic mass is 35.5. The second kappa shape index (κ2) is 7.76. The molecule has 0 radical (unpaired) electrons. The zero-order valence-electron chi connectivity index (χ0n) is 12.6. The van der Waals surface area contributed by atoms with Crippen molar-refractivity contribution in [1.82, 2.24) is 9.55 Å². The molecule has 0 bridgehead atoms. The molecule has 0 aliphatic rings. The summed E-state index contributed by atoms with van der Waals surface area (Å²) in [4.78, 5) is 4.38. The number of nitrogens with zero attached hydrogens (tertiary/aromatic N) is 2. The van der Waals surface area contributed by atoms with Crippen LogP contribution in [-0.2, 0) is 17.7 Å². The highest BCUT2D eigenvalue weighted by molar-refractivity contribution is 6.17. The fourth-order valence-corrected chi connectivity index (χ4v) is 2.43. The Labute approximate surface area is 130 Å². The van der Waals surface area contributed by atoms with E-state index in [1.807, 2.05) is 10.6 Å². The molecule has 0 unspecified atom stereocenters. The molecular formula is C16H22ClFN2O. The Morgan fingerprint density at radius 1 is 1.33 bits per heavy atom. The van der Waals surface area contributed by atoms with Crippen LogP contribution in [-0.4, -0.2) is 28.6 Å². The number of halogens is 2. The molecule has 0 saturated carbocycles. The lowest BCUT2D eigenvalue weighted by atomic mass is 10.1. The van der Waals surface area contributed by atoms with E-state index in [2.05, 4.69) is 18.8 Å². The average molecular weight is 313 g/mol. The first kappa shape index (κ1) is 16.2. The van der Waals surface area contributed by atoms with Crippen LogP contribution in [0.5, 0.6) is 0 Å². The molecule has 5 heteroatoms. The molecule has 1 aromatic heterocycles. The van der Waals surface area contributed by atoms with Gasteiger partial charge in [-0.05, 0) is 24.5 Å². The fraction of sp³-hybridized carbons (Fsp3) is 0.562. The molecule has 0 amide bonds. The van der Waals surface area contributed by atoms with Crippen LogP contribution < -0.4 is 0 Å². The second-order valence-corrected chi connectivity index (χ2v) is 5.90. The van der Waals surface area contributed by atoms with E-state index in [1.54, 1.807) is 6.07 Å². The summed E-state index contributed by atoms with van der Waals surface area (Å²) in [5.41, 5.74) is 1.22. The Kier molecular flexibility index (Phi) is 6.00. The molecule has 3 nitrogen and oxygen atoms in total. The van der Waals surface area contributed by atoms with Crippen LogP contribution in [0.15, 0.2) is 18.2 Å². The number of hydrogen-bond donors (Lipinski definition) is 0. The molecular weight excluding hydrogens is 291 g/mol. The zero-order valence-corrected chi connectivity index (χ0v) is 13.4. The Morgan fingerprint density at radius 2 is 2.14 bits per heavy atom. The molecule has 0 atom stereocenters. The van der Waals surface area contributed by atoms with Gasteiger partial charge in [-0.3, -0.25) is 0 Å². The number of ether oxygens (including phenoxy) is 1. The van der Waals surface area contributed by atoms with Gasteiger partial charge < -0.3 is 9.30 Å². The lowest BCUT2D eigenvalue weighted by Gasteiger charge is -2.10. The van der Waals surface area contributed by atoms with Gasteiger partial charge in [0, 0.05) is 25.5 Å². The van der Waals surface area contributed by atoms with E-state index >= 15 is 0 Å². The topological polar surface area (TPSA) is 27.1 Å². The zero-order chi connectivity index (χ0) is 15.2. The van der Waals surface area contributed by atoms with E-state index < -0.39 is 0 Å². The maximum atomic E-state index is 13.8.